The molecule has 2 aliphatic rings. The molecule has 10 aromatic carbocycles. The Morgan fingerprint density at radius 3 is 1.53 bits per heavy atom. The van der Waals surface area contributed by atoms with E-state index in [0.29, 0.717) is 0 Å². The molecule has 1 aromatic heterocycles. The summed E-state index contributed by atoms with van der Waals surface area (Å²) in [4.78, 5) is 2.41. The van der Waals surface area contributed by atoms with Gasteiger partial charge >= 0.3 is 0 Å². The summed E-state index contributed by atoms with van der Waals surface area (Å²) in [6, 6.07) is 86.8. The molecule has 0 fully saturated rings. The summed E-state index contributed by atoms with van der Waals surface area (Å²) in [5, 5.41) is 2.29. The van der Waals surface area contributed by atoms with E-state index >= 15 is 0 Å². The number of rotatable bonds is 7. The Hall–Kier alpha value is -8.20. The van der Waals surface area contributed by atoms with Crippen LogP contribution < -0.4 is 4.90 Å². The van der Waals surface area contributed by atoms with Gasteiger partial charge in [0.1, 0.15) is 11.2 Å². The van der Waals surface area contributed by atoms with E-state index in [4.69, 9.17) is 4.42 Å². The van der Waals surface area contributed by atoms with Gasteiger partial charge in [-0.25, -0.2) is 0 Å². The van der Waals surface area contributed by atoms with E-state index in [2.05, 4.69) is 255 Å². The lowest BCUT2D eigenvalue weighted by molar-refractivity contribution is 0.653. The highest BCUT2D eigenvalue weighted by Gasteiger charge is 2.46. The molecule has 312 valence electrons. The van der Waals surface area contributed by atoms with Gasteiger partial charge in [0.25, 0.3) is 0 Å². The standard InChI is InChI=1S/C64H45NO/c1-63(2)56-27-14-13-24-55(56)60-58(63)40-39-54-53-26-16-25-50(61(53)66-62(54)60)44-31-35-48(36-32-44)65(47-33-29-43(30-34-47)42-17-6-3-7-18-42)49-37-38-52-51-23-12-15-28-57(51)64(59(52)41-49,45-19-8-4-9-20-45)46-21-10-5-11-22-46/h3-41H,1-2H3. The summed E-state index contributed by atoms with van der Waals surface area (Å²) in [5.41, 5.74) is 21.9. The third-order valence-electron chi connectivity index (χ3n) is 14.6. The molecule has 0 bridgehead atoms. The van der Waals surface area contributed by atoms with Crippen molar-refractivity contribution in [3.05, 3.63) is 270 Å². The van der Waals surface area contributed by atoms with Gasteiger partial charge in [0.2, 0.25) is 0 Å². The summed E-state index contributed by atoms with van der Waals surface area (Å²) in [6.45, 7) is 4.65. The summed E-state index contributed by atoms with van der Waals surface area (Å²) in [7, 11) is 0. The lowest BCUT2D eigenvalue weighted by Gasteiger charge is -2.35. The molecule has 2 aliphatic carbocycles. The lowest BCUT2D eigenvalue weighted by atomic mass is 9.67. The molecular weight excluding hydrogens is 799 g/mol. The predicted molar refractivity (Wildman–Crippen MR) is 274 cm³/mol. The van der Waals surface area contributed by atoms with Crippen molar-refractivity contribution in [3.8, 4) is 44.5 Å². The van der Waals surface area contributed by atoms with Crippen molar-refractivity contribution in [2.75, 3.05) is 4.90 Å². The molecule has 2 nitrogen and oxygen atoms in total. The second-order valence-corrected chi connectivity index (χ2v) is 18.4. The summed E-state index contributed by atoms with van der Waals surface area (Å²) in [6.07, 6.45) is 0. The fourth-order valence-corrected chi connectivity index (χ4v) is 11.5. The molecule has 0 N–H and O–H groups in total. The average molecular weight is 844 g/mol. The van der Waals surface area contributed by atoms with Crippen LogP contribution in [0.4, 0.5) is 17.1 Å². The summed E-state index contributed by atoms with van der Waals surface area (Å²) < 4.78 is 7.05. The first-order valence-corrected chi connectivity index (χ1v) is 23.0. The quantitative estimate of drug-likeness (QED) is 0.159. The molecule has 66 heavy (non-hydrogen) atoms. The van der Waals surface area contributed by atoms with Crippen molar-refractivity contribution in [1.29, 1.82) is 0 Å². The zero-order valence-corrected chi connectivity index (χ0v) is 36.9. The van der Waals surface area contributed by atoms with Crippen LogP contribution in [-0.4, -0.2) is 0 Å². The molecule has 0 radical (unpaired) electrons. The highest BCUT2D eigenvalue weighted by atomic mass is 16.3. The predicted octanol–water partition coefficient (Wildman–Crippen LogP) is 17.1. The largest absolute Gasteiger partial charge is 0.455 e. The van der Waals surface area contributed by atoms with Crippen molar-refractivity contribution >= 4 is 39.0 Å². The average Bonchev–Trinajstić information content (AvgIpc) is 3.99. The van der Waals surface area contributed by atoms with E-state index < -0.39 is 5.41 Å². The van der Waals surface area contributed by atoms with Crippen LogP contribution in [0, 0.1) is 0 Å². The number of benzene rings is 10. The zero-order chi connectivity index (χ0) is 44.0. The van der Waals surface area contributed by atoms with E-state index in [1.165, 1.54) is 66.8 Å². The molecule has 11 aromatic rings. The van der Waals surface area contributed by atoms with Crippen molar-refractivity contribution in [1.82, 2.24) is 0 Å². The van der Waals surface area contributed by atoms with Gasteiger partial charge in [0, 0.05) is 44.4 Å². The van der Waals surface area contributed by atoms with E-state index in [0.717, 1.165) is 50.1 Å². The van der Waals surface area contributed by atoms with Crippen molar-refractivity contribution in [2.24, 2.45) is 0 Å². The Morgan fingerprint density at radius 1 is 0.333 bits per heavy atom. The van der Waals surface area contributed by atoms with Crippen LogP contribution in [0.5, 0.6) is 0 Å². The van der Waals surface area contributed by atoms with Crippen LogP contribution in [-0.2, 0) is 10.8 Å². The molecule has 13 rings (SSSR count). The Balaban J connectivity index is 0.976. The molecule has 2 heteroatoms. The van der Waals surface area contributed by atoms with Gasteiger partial charge in [-0.3, -0.25) is 0 Å². The monoisotopic (exact) mass is 843 g/mol. The van der Waals surface area contributed by atoms with E-state index in [1.807, 2.05) is 0 Å². The van der Waals surface area contributed by atoms with Crippen molar-refractivity contribution in [2.45, 2.75) is 24.7 Å². The SMILES string of the molecule is CC1(C)c2ccccc2-c2c1ccc1c2oc2c(-c3ccc(N(c4ccc(-c5ccccc5)cc4)c4ccc5c(c4)C(c4ccccc4)(c4ccccc4)c4ccccc4-5)cc3)cccc21. The first kappa shape index (κ1) is 38.3. The Morgan fingerprint density at radius 2 is 0.848 bits per heavy atom. The molecule has 0 spiro atoms. The molecule has 0 unspecified atom stereocenters. The number of fused-ring (bicyclic) bond motifs is 10. The van der Waals surface area contributed by atoms with Gasteiger partial charge in [-0.15, -0.1) is 0 Å². The molecule has 0 saturated heterocycles. The van der Waals surface area contributed by atoms with Crippen LogP contribution in [0.1, 0.15) is 47.2 Å². The first-order chi connectivity index (χ1) is 32.5. The third kappa shape index (κ3) is 5.55. The van der Waals surface area contributed by atoms with Crippen molar-refractivity contribution < 1.29 is 4.42 Å². The maximum Gasteiger partial charge on any atom is 0.143 e. The highest BCUT2D eigenvalue weighted by Crippen LogP contribution is 2.58. The molecule has 1 heterocycles. The third-order valence-corrected chi connectivity index (χ3v) is 14.6. The first-order valence-electron chi connectivity index (χ1n) is 23.0. The second-order valence-electron chi connectivity index (χ2n) is 18.4. The Labute approximate surface area is 385 Å². The number of hydrogen-bond acceptors (Lipinski definition) is 2. The van der Waals surface area contributed by atoms with E-state index in [-0.39, 0.29) is 5.41 Å². The summed E-state index contributed by atoms with van der Waals surface area (Å²) >= 11 is 0. The van der Waals surface area contributed by atoms with Gasteiger partial charge in [-0.2, -0.15) is 0 Å². The van der Waals surface area contributed by atoms with E-state index in [1.54, 1.807) is 0 Å². The molecule has 0 amide bonds. The number of furan rings is 1. The normalized spacial score (nSPS) is 13.8. The molecule has 0 aliphatic heterocycles. The smallest absolute Gasteiger partial charge is 0.143 e. The minimum atomic E-state index is -0.514. The summed E-state index contributed by atoms with van der Waals surface area (Å²) in [5.74, 6) is 0. The molecular formula is C64H45NO. The van der Waals surface area contributed by atoms with Crippen LogP contribution in [0.15, 0.2) is 241 Å². The number of hydrogen-bond donors (Lipinski definition) is 0. The van der Waals surface area contributed by atoms with Crippen LogP contribution in [0.2, 0.25) is 0 Å². The number of nitrogens with zero attached hydrogens (tertiary/aromatic N) is 1. The van der Waals surface area contributed by atoms with Crippen LogP contribution in [0.3, 0.4) is 0 Å². The lowest BCUT2D eigenvalue weighted by Crippen LogP contribution is -2.28. The Kier molecular flexibility index (Phi) is 8.51. The van der Waals surface area contributed by atoms with Gasteiger partial charge in [-0.1, -0.05) is 214 Å². The molecule has 0 atom stereocenters. The van der Waals surface area contributed by atoms with Crippen molar-refractivity contribution in [3.63, 3.8) is 0 Å². The maximum atomic E-state index is 7.05. The molecule has 0 saturated carbocycles. The fraction of sp³-hybridized carbons (Fsp3) is 0.0625. The zero-order valence-electron chi connectivity index (χ0n) is 36.9. The van der Waals surface area contributed by atoms with Gasteiger partial charge in [0.15, 0.2) is 0 Å². The van der Waals surface area contributed by atoms with Gasteiger partial charge < -0.3 is 9.32 Å². The minimum Gasteiger partial charge on any atom is -0.455 e. The fourth-order valence-electron chi connectivity index (χ4n) is 11.5. The second kappa shape index (κ2) is 14.7. The maximum absolute atomic E-state index is 7.05. The van der Waals surface area contributed by atoms with E-state index in [9.17, 15) is 0 Å². The van der Waals surface area contributed by atoms with Gasteiger partial charge in [-0.05, 0) is 103 Å². The minimum absolute atomic E-state index is 0.0983. The Bertz CT molecular complexity index is 3600. The van der Waals surface area contributed by atoms with Crippen LogP contribution in [0.25, 0.3) is 66.4 Å². The van der Waals surface area contributed by atoms with Crippen LogP contribution >= 0.6 is 0 Å². The topological polar surface area (TPSA) is 16.4 Å². The number of para-hydroxylation sites is 1. The van der Waals surface area contributed by atoms with Gasteiger partial charge in [0.05, 0.1) is 5.41 Å². The number of anilines is 3. The highest BCUT2D eigenvalue weighted by molar-refractivity contribution is 6.14.